The molecule has 0 spiro atoms. The minimum absolute atomic E-state index is 0.0651. The highest BCUT2D eigenvalue weighted by atomic mass is 32.2. The minimum Gasteiger partial charge on any atom is -0.282 e. The average molecular weight is 358 g/mol. The van der Waals surface area contributed by atoms with Gasteiger partial charge >= 0.3 is 0 Å². The Morgan fingerprint density at radius 2 is 1.43 bits per heavy atom. The van der Waals surface area contributed by atoms with Gasteiger partial charge in [0.05, 0.1) is 12.0 Å². The molecule has 0 fully saturated rings. The predicted octanol–water partition coefficient (Wildman–Crippen LogP) is 2.40. The highest BCUT2D eigenvalue weighted by Crippen LogP contribution is 2.08. The second-order valence-electron chi connectivity index (χ2n) is 4.64. The Morgan fingerprint density at radius 3 is 1.87 bits per heavy atom. The Labute approximate surface area is 136 Å². The topological polar surface area (TPSA) is 97.7 Å². The van der Waals surface area contributed by atoms with Crippen molar-refractivity contribution in [3.05, 3.63) is 65.7 Å². The molecule has 0 atom stereocenters. The molecule has 0 aliphatic carbocycles. The normalized spacial score (nSPS) is 11.4. The molecule has 0 saturated carbocycles. The second-order valence-corrected chi connectivity index (χ2v) is 7.80. The van der Waals surface area contributed by atoms with Crippen molar-refractivity contribution in [3.63, 3.8) is 0 Å². The van der Waals surface area contributed by atoms with E-state index in [1.807, 2.05) is 13.0 Å². The average Bonchev–Trinajstić information content (AvgIpc) is 2.48. The van der Waals surface area contributed by atoms with E-state index >= 15 is 0 Å². The van der Waals surface area contributed by atoms with Crippen LogP contribution in [-0.4, -0.2) is 28.5 Å². The largest absolute Gasteiger partial charge is 0.294 e. The lowest BCUT2D eigenvalue weighted by Gasteiger charge is -1.99. The molecule has 2 rings (SSSR count). The summed E-state index contributed by atoms with van der Waals surface area (Å²) in [6.07, 6.45) is 0. The van der Waals surface area contributed by atoms with Gasteiger partial charge in [0.2, 0.25) is 0 Å². The lowest BCUT2D eigenvalue weighted by molar-refractivity contribution is 0.397. The Balaban J connectivity index is 0.000000231. The molecule has 0 heterocycles. The van der Waals surface area contributed by atoms with Gasteiger partial charge in [0.25, 0.3) is 20.2 Å². The molecule has 23 heavy (non-hydrogen) atoms. The molecule has 126 valence electrons. The van der Waals surface area contributed by atoms with Gasteiger partial charge in [-0.15, -0.1) is 0 Å². The first-order chi connectivity index (χ1) is 10.6. The summed E-state index contributed by atoms with van der Waals surface area (Å²) in [4.78, 5) is -0.0666. The van der Waals surface area contributed by atoms with E-state index in [1.165, 1.54) is 12.1 Å². The SMILES string of the molecule is COS(=O)(=O)Cc1ccccc1.Cc1ccc(S(=O)(=O)O)cc1. The molecule has 0 aliphatic rings. The van der Waals surface area contributed by atoms with Gasteiger partial charge in [0, 0.05) is 0 Å². The number of benzene rings is 2. The summed E-state index contributed by atoms with van der Waals surface area (Å²) in [5.74, 6) is -0.0651. The number of hydrogen-bond donors (Lipinski definition) is 1. The van der Waals surface area contributed by atoms with Crippen LogP contribution in [-0.2, 0) is 30.2 Å². The molecule has 8 heteroatoms. The lowest BCUT2D eigenvalue weighted by Crippen LogP contribution is -2.05. The first-order valence-electron chi connectivity index (χ1n) is 6.50. The third-order valence-corrected chi connectivity index (χ3v) is 4.82. The van der Waals surface area contributed by atoms with Gasteiger partial charge in [0.15, 0.2) is 0 Å². The fraction of sp³-hybridized carbons (Fsp3) is 0.200. The van der Waals surface area contributed by atoms with Crippen molar-refractivity contribution in [1.29, 1.82) is 0 Å². The zero-order valence-corrected chi connectivity index (χ0v) is 14.3. The maximum Gasteiger partial charge on any atom is 0.294 e. The van der Waals surface area contributed by atoms with Gasteiger partial charge in [-0.2, -0.15) is 16.8 Å². The van der Waals surface area contributed by atoms with Crippen molar-refractivity contribution >= 4 is 20.2 Å². The first-order valence-corrected chi connectivity index (χ1v) is 9.52. The van der Waals surface area contributed by atoms with Crippen molar-refractivity contribution in [1.82, 2.24) is 0 Å². The number of rotatable bonds is 4. The minimum atomic E-state index is -4.02. The van der Waals surface area contributed by atoms with E-state index in [9.17, 15) is 16.8 Å². The highest BCUT2D eigenvalue weighted by molar-refractivity contribution is 7.86. The maximum atomic E-state index is 10.9. The fourth-order valence-electron chi connectivity index (χ4n) is 1.55. The molecule has 0 amide bonds. The molecule has 0 bridgehead atoms. The smallest absolute Gasteiger partial charge is 0.282 e. The van der Waals surface area contributed by atoms with Gasteiger partial charge in [-0.1, -0.05) is 48.0 Å². The quantitative estimate of drug-likeness (QED) is 0.666. The standard InChI is InChI=1S/C8H10O3S.C7H8O3S/c1-11-12(9,10)7-8-5-3-2-4-6-8;1-6-2-4-7(5-3-6)11(8,9)10/h2-6H,7H2,1H3;2-5H,1H3,(H,8,9,10). The van der Waals surface area contributed by atoms with E-state index in [0.717, 1.165) is 18.2 Å². The van der Waals surface area contributed by atoms with Gasteiger partial charge in [-0.05, 0) is 24.6 Å². The van der Waals surface area contributed by atoms with Crippen molar-refractivity contribution < 1.29 is 25.6 Å². The van der Waals surface area contributed by atoms with Crippen LogP contribution in [0.4, 0.5) is 0 Å². The molecule has 0 unspecified atom stereocenters. The molecule has 0 saturated heterocycles. The molecule has 6 nitrogen and oxygen atoms in total. The van der Waals surface area contributed by atoms with E-state index < -0.39 is 20.2 Å². The Kier molecular flexibility index (Phi) is 6.89. The van der Waals surface area contributed by atoms with Crippen LogP contribution in [0.25, 0.3) is 0 Å². The van der Waals surface area contributed by atoms with E-state index in [-0.39, 0.29) is 10.6 Å². The summed E-state index contributed by atoms with van der Waals surface area (Å²) >= 11 is 0. The van der Waals surface area contributed by atoms with E-state index in [0.29, 0.717) is 0 Å². The van der Waals surface area contributed by atoms with Crippen LogP contribution >= 0.6 is 0 Å². The monoisotopic (exact) mass is 358 g/mol. The van der Waals surface area contributed by atoms with Crippen LogP contribution in [0.1, 0.15) is 11.1 Å². The first kappa shape index (κ1) is 19.3. The van der Waals surface area contributed by atoms with Crippen LogP contribution in [0, 0.1) is 6.92 Å². The molecular formula is C15H18O6S2. The third-order valence-electron chi connectivity index (χ3n) is 2.76. The molecule has 2 aromatic carbocycles. The lowest BCUT2D eigenvalue weighted by atomic mass is 10.2. The van der Waals surface area contributed by atoms with Crippen LogP contribution < -0.4 is 0 Å². The summed E-state index contributed by atoms with van der Waals surface area (Å²) in [6, 6.07) is 14.9. The van der Waals surface area contributed by atoms with Crippen molar-refractivity contribution in [2.45, 2.75) is 17.6 Å². The summed E-state index contributed by atoms with van der Waals surface area (Å²) in [6.45, 7) is 1.84. The number of hydrogen-bond acceptors (Lipinski definition) is 5. The van der Waals surface area contributed by atoms with Gasteiger partial charge in [0.1, 0.15) is 5.75 Å². The van der Waals surface area contributed by atoms with E-state index in [1.54, 1.807) is 36.4 Å². The molecule has 1 N–H and O–H groups in total. The van der Waals surface area contributed by atoms with Gasteiger partial charge in [-0.3, -0.25) is 8.74 Å². The van der Waals surface area contributed by atoms with Crippen LogP contribution in [0.2, 0.25) is 0 Å². The maximum absolute atomic E-state index is 10.9. The fourth-order valence-corrected chi connectivity index (χ4v) is 2.75. The van der Waals surface area contributed by atoms with Gasteiger partial charge < -0.3 is 0 Å². The number of aryl methyl sites for hydroxylation is 1. The Bertz CT molecular complexity index is 810. The predicted molar refractivity (Wildman–Crippen MR) is 87.1 cm³/mol. The van der Waals surface area contributed by atoms with Crippen molar-refractivity contribution in [2.24, 2.45) is 0 Å². The summed E-state index contributed by atoms with van der Waals surface area (Å²) in [5.41, 5.74) is 1.69. The molecule has 0 aliphatic heterocycles. The summed E-state index contributed by atoms with van der Waals surface area (Å²) in [7, 11) is -6.23. The second kappa shape index (κ2) is 8.21. The summed E-state index contributed by atoms with van der Waals surface area (Å²) in [5, 5.41) is 0. The zero-order valence-electron chi connectivity index (χ0n) is 12.7. The molecule has 2 aromatic rings. The Hall–Kier alpha value is -1.74. The highest BCUT2D eigenvalue weighted by Gasteiger charge is 2.08. The van der Waals surface area contributed by atoms with E-state index in [2.05, 4.69) is 4.18 Å². The van der Waals surface area contributed by atoms with Crippen molar-refractivity contribution in [3.8, 4) is 0 Å². The van der Waals surface area contributed by atoms with Crippen LogP contribution in [0.5, 0.6) is 0 Å². The van der Waals surface area contributed by atoms with Gasteiger partial charge in [-0.25, -0.2) is 0 Å². The van der Waals surface area contributed by atoms with Crippen molar-refractivity contribution in [2.75, 3.05) is 7.11 Å². The summed E-state index contributed by atoms with van der Waals surface area (Å²) < 4.78 is 55.8. The molecule has 0 radical (unpaired) electrons. The van der Waals surface area contributed by atoms with Crippen LogP contribution in [0.3, 0.4) is 0 Å². The van der Waals surface area contributed by atoms with E-state index in [4.69, 9.17) is 4.55 Å². The third kappa shape index (κ3) is 7.38. The molecular weight excluding hydrogens is 340 g/mol. The van der Waals surface area contributed by atoms with Crippen LogP contribution in [0.15, 0.2) is 59.5 Å². The molecule has 0 aromatic heterocycles. The Morgan fingerprint density at radius 1 is 0.913 bits per heavy atom. The zero-order chi connectivity index (χ0) is 17.5.